The molecule has 1 aliphatic rings. The number of hydrogen-bond acceptors (Lipinski definition) is 4. The Morgan fingerprint density at radius 3 is 2.74 bits per heavy atom. The van der Waals surface area contributed by atoms with Crippen molar-refractivity contribution in [2.24, 2.45) is 0 Å². The summed E-state index contributed by atoms with van der Waals surface area (Å²) in [5.41, 5.74) is 0.692. The van der Waals surface area contributed by atoms with Crippen molar-refractivity contribution in [3.05, 3.63) is 33.3 Å². The van der Waals surface area contributed by atoms with Crippen molar-refractivity contribution >= 4 is 23.0 Å². The quantitative estimate of drug-likeness (QED) is 0.666. The van der Waals surface area contributed by atoms with Crippen LogP contribution in [0.1, 0.15) is 19.3 Å². The average Bonchev–Trinajstić information content (AvgIpc) is 2.41. The summed E-state index contributed by atoms with van der Waals surface area (Å²) in [5.74, 6) is 0. The number of nitro groups is 1. The van der Waals surface area contributed by atoms with E-state index in [-0.39, 0.29) is 10.7 Å². The summed E-state index contributed by atoms with van der Waals surface area (Å²) in [6.45, 7) is 4.07. The molecule has 0 atom stereocenters. The Kier molecular flexibility index (Phi) is 4.99. The lowest BCUT2D eigenvalue weighted by Crippen LogP contribution is -2.33. The third-order valence-corrected chi connectivity index (χ3v) is 3.67. The molecule has 1 aliphatic heterocycles. The van der Waals surface area contributed by atoms with E-state index in [2.05, 4.69) is 10.2 Å². The molecule has 0 saturated carbocycles. The van der Waals surface area contributed by atoms with Crippen LogP contribution in [0.5, 0.6) is 0 Å². The molecule has 0 spiro atoms. The standard InChI is InChI=1S/C13H18ClN3O2/c14-12-5-4-11(10-13(12)17(18)19)15-6-9-16-7-2-1-3-8-16/h4-5,10,15H,1-3,6-9H2. The molecule has 1 aromatic rings. The fourth-order valence-corrected chi connectivity index (χ4v) is 2.49. The molecule has 0 amide bonds. The lowest BCUT2D eigenvalue weighted by Gasteiger charge is -2.26. The van der Waals surface area contributed by atoms with Gasteiger partial charge < -0.3 is 10.2 Å². The van der Waals surface area contributed by atoms with Gasteiger partial charge in [0.15, 0.2) is 0 Å². The first-order valence-corrected chi connectivity index (χ1v) is 6.95. The summed E-state index contributed by atoms with van der Waals surface area (Å²) in [6.07, 6.45) is 3.87. The van der Waals surface area contributed by atoms with Gasteiger partial charge >= 0.3 is 0 Å². The number of nitrogens with one attached hydrogen (secondary N) is 1. The lowest BCUT2D eigenvalue weighted by molar-refractivity contribution is -0.384. The fourth-order valence-electron chi connectivity index (χ4n) is 2.30. The first kappa shape index (κ1) is 14.1. The first-order valence-electron chi connectivity index (χ1n) is 6.57. The Labute approximate surface area is 117 Å². The molecule has 0 aliphatic carbocycles. The van der Waals surface area contributed by atoms with Gasteiger partial charge in [-0.1, -0.05) is 18.0 Å². The highest BCUT2D eigenvalue weighted by molar-refractivity contribution is 6.32. The summed E-state index contributed by atoms with van der Waals surface area (Å²) in [7, 11) is 0. The molecule has 0 aromatic heterocycles. The van der Waals surface area contributed by atoms with E-state index in [0.29, 0.717) is 0 Å². The Hall–Kier alpha value is -1.33. The summed E-state index contributed by atoms with van der Waals surface area (Å²) >= 11 is 5.77. The molecule has 2 rings (SSSR count). The maximum Gasteiger partial charge on any atom is 0.289 e. The number of anilines is 1. The summed E-state index contributed by atoms with van der Waals surface area (Å²) in [5, 5.41) is 14.2. The Balaban J connectivity index is 1.85. The van der Waals surface area contributed by atoms with Crippen LogP contribution in [-0.4, -0.2) is 36.0 Å². The van der Waals surface area contributed by atoms with Crippen LogP contribution in [0.3, 0.4) is 0 Å². The molecule has 6 heteroatoms. The Morgan fingerprint density at radius 2 is 2.05 bits per heavy atom. The van der Waals surface area contributed by atoms with Crippen LogP contribution in [-0.2, 0) is 0 Å². The molecule has 1 N–H and O–H groups in total. The van der Waals surface area contributed by atoms with Gasteiger partial charge in [0.05, 0.1) is 4.92 Å². The normalized spacial score (nSPS) is 16.3. The van der Waals surface area contributed by atoms with E-state index in [4.69, 9.17) is 11.6 Å². The monoisotopic (exact) mass is 283 g/mol. The highest BCUT2D eigenvalue weighted by Crippen LogP contribution is 2.27. The van der Waals surface area contributed by atoms with Gasteiger partial charge in [0.25, 0.3) is 5.69 Å². The minimum Gasteiger partial charge on any atom is -0.384 e. The fraction of sp³-hybridized carbons (Fsp3) is 0.538. The minimum absolute atomic E-state index is 0.0513. The molecule has 1 fully saturated rings. The third kappa shape index (κ3) is 4.08. The predicted molar refractivity (Wildman–Crippen MR) is 76.9 cm³/mol. The molecule has 0 unspecified atom stereocenters. The summed E-state index contributed by atoms with van der Waals surface area (Å²) < 4.78 is 0. The molecule has 104 valence electrons. The third-order valence-electron chi connectivity index (χ3n) is 3.35. The molecule has 1 aromatic carbocycles. The van der Waals surface area contributed by atoms with Gasteiger partial charge in [-0.2, -0.15) is 0 Å². The van der Waals surface area contributed by atoms with Gasteiger partial charge in [-0.3, -0.25) is 10.1 Å². The van der Waals surface area contributed by atoms with Crippen molar-refractivity contribution in [2.45, 2.75) is 19.3 Å². The van der Waals surface area contributed by atoms with Gasteiger partial charge in [-0.15, -0.1) is 0 Å². The zero-order valence-electron chi connectivity index (χ0n) is 10.8. The van der Waals surface area contributed by atoms with Crippen molar-refractivity contribution in [2.75, 3.05) is 31.5 Å². The topological polar surface area (TPSA) is 58.4 Å². The number of benzene rings is 1. The maximum atomic E-state index is 10.8. The van der Waals surface area contributed by atoms with E-state index in [1.165, 1.54) is 25.3 Å². The summed E-state index contributed by atoms with van der Waals surface area (Å²) in [6, 6.07) is 4.81. The maximum absolute atomic E-state index is 10.8. The number of nitro benzene ring substituents is 1. The Bertz CT molecular complexity index is 448. The number of hydrogen-bond donors (Lipinski definition) is 1. The molecular formula is C13H18ClN3O2. The molecule has 1 heterocycles. The van der Waals surface area contributed by atoms with Gasteiger partial charge in [-0.05, 0) is 38.1 Å². The average molecular weight is 284 g/mol. The Morgan fingerprint density at radius 1 is 1.32 bits per heavy atom. The van der Waals surface area contributed by atoms with Crippen LogP contribution in [0.2, 0.25) is 5.02 Å². The van der Waals surface area contributed by atoms with Crippen molar-refractivity contribution in [3.8, 4) is 0 Å². The van der Waals surface area contributed by atoms with Crippen LogP contribution in [0.25, 0.3) is 0 Å². The zero-order valence-corrected chi connectivity index (χ0v) is 11.5. The second-order valence-electron chi connectivity index (χ2n) is 4.75. The van der Waals surface area contributed by atoms with Crippen LogP contribution in [0, 0.1) is 10.1 Å². The van der Waals surface area contributed by atoms with E-state index in [1.807, 2.05) is 0 Å². The van der Waals surface area contributed by atoms with Gasteiger partial charge in [0, 0.05) is 24.8 Å². The summed E-state index contributed by atoms with van der Waals surface area (Å²) in [4.78, 5) is 12.7. The van der Waals surface area contributed by atoms with Crippen molar-refractivity contribution in [3.63, 3.8) is 0 Å². The van der Waals surface area contributed by atoms with Crippen LogP contribution in [0.4, 0.5) is 11.4 Å². The van der Waals surface area contributed by atoms with E-state index in [0.717, 1.165) is 31.9 Å². The van der Waals surface area contributed by atoms with Crippen molar-refractivity contribution in [1.82, 2.24) is 4.90 Å². The zero-order chi connectivity index (χ0) is 13.7. The van der Waals surface area contributed by atoms with Gasteiger partial charge in [0.1, 0.15) is 5.02 Å². The van der Waals surface area contributed by atoms with Crippen LogP contribution < -0.4 is 5.32 Å². The van der Waals surface area contributed by atoms with E-state index in [9.17, 15) is 10.1 Å². The molecule has 19 heavy (non-hydrogen) atoms. The number of nitrogens with zero attached hydrogens (tertiary/aromatic N) is 2. The largest absolute Gasteiger partial charge is 0.384 e. The SMILES string of the molecule is O=[N+]([O-])c1cc(NCCN2CCCCC2)ccc1Cl. The number of likely N-dealkylation sites (tertiary alicyclic amines) is 1. The van der Waals surface area contributed by atoms with Crippen molar-refractivity contribution in [1.29, 1.82) is 0 Å². The molecule has 0 bridgehead atoms. The predicted octanol–water partition coefficient (Wildman–Crippen LogP) is 3.15. The number of halogens is 1. The highest BCUT2D eigenvalue weighted by atomic mass is 35.5. The molecular weight excluding hydrogens is 266 g/mol. The molecule has 5 nitrogen and oxygen atoms in total. The second-order valence-corrected chi connectivity index (χ2v) is 5.16. The molecule has 0 radical (unpaired) electrons. The van der Waals surface area contributed by atoms with Gasteiger partial charge in [0.2, 0.25) is 0 Å². The smallest absolute Gasteiger partial charge is 0.289 e. The first-order chi connectivity index (χ1) is 9.16. The van der Waals surface area contributed by atoms with Crippen molar-refractivity contribution < 1.29 is 4.92 Å². The second kappa shape index (κ2) is 6.73. The van der Waals surface area contributed by atoms with E-state index < -0.39 is 4.92 Å². The van der Waals surface area contributed by atoms with Crippen LogP contribution >= 0.6 is 11.6 Å². The number of piperidine rings is 1. The molecule has 1 saturated heterocycles. The van der Waals surface area contributed by atoms with E-state index >= 15 is 0 Å². The van der Waals surface area contributed by atoms with Crippen LogP contribution in [0.15, 0.2) is 18.2 Å². The van der Waals surface area contributed by atoms with Gasteiger partial charge in [-0.25, -0.2) is 0 Å². The van der Waals surface area contributed by atoms with E-state index in [1.54, 1.807) is 12.1 Å². The number of rotatable bonds is 5. The minimum atomic E-state index is -0.460. The highest BCUT2D eigenvalue weighted by Gasteiger charge is 2.13. The lowest BCUT2D eigenvalue weighted by atomic mass is 10.1.